The Balaban J connectivity index is 1.94. The molecular formula is C17H15N3O3S. The van der Waals surface area contributed by atoms with Crippen LogP contribution in [0.1, 0.15) is 39.7 Å². The first-order valence-electron chi connectivity index (χ1n) is 7.60. The molecule has 6 nitrogen and oxygen atoms in total. The fraction of sp³-hybridized carbons (Fsp3) is 0.294. The predicted octanol–water partition coefficient (Wildman–Crippen LogP) is 3.91. The SMILES string of the molecule is CC1CCc2sc(NC(=O)c3ccccc3[N+](=O)[O-])c(C#N)c2C1. The number of carbonyl (C=O) groups excluding carboxylic acids is 1. The van der Waals surface area contributed by atoms with Crippen molar-refractivity contribution in [3.8, 4) is 6.07 Å². The van der Waals surface area contributed by atoms with Crippen LogP contribution in [0.25, 0.3) is 0 Å². The highest BCUT2D eigenvalue weighted by molar-refractivity contribution is 7.16. The highest BCUT2D eigenvalue weighted by Gasteiger charge is 2.26. The minimum atomic E-state index is -0.582. The van der Waals surface area contributed by atoms with Gasteiger partial charge in [-0.15, -0.1) is 11.3 Å². The molecule has 0 bridgehead atoms. The van der Waals surface area contributed by atoms with E-state index < -0.39 is 10.8 Å². The number of thiophene rings is 1. The van der Waals surface area contributed by atoms with Crippen molar-refractivity contribution >= 4 is 27.9 Å². The smallest absolute Gasteiger partial charge is 0.282 e. The molecular weight excluding hydrogens is 326 g/mol. The van der Waals surface area contributed by atoms with Crippen molar-refractivity contribution in [2.24, 2.45) is 5.92 Å². The van der Waals surface area contributed by atoms with Gasteiger partial charge in [0.25, 0.3) is 11.6 Å². The number of nitriles is 1. The Morgan fingerprint density at radius 3 is 2.92 bits per heavy atom. The van der Waals surface area contributed by atoms with E-state index in [4.69, 9.17) is 0 Å². The number of rotatable bonds is 3. The molecule has 0 saturated heterocycles. The van der Waals surface area contributed by atoms with Crippen LogP contribution in [0.4, 0.5) is 10.7 Å². The third-order valence-corrected chi connectivity index (χ3v) is 5.40. The van der Waals surface area contributed by atoms with Crippen LogP contribution >= 0.6 is 11.3 Å². The highest BCUT2D eigenvalue weighted by atomic mass is 32.1. The second kappa shape index (κ2) is 6.42. The van der Waals surface area contributed by atoms with Crippen LogP contribution in [0, 0.1) is 27.4 Å². The van der Waals surface area contributed by atoms with E-state index in [1.807, 2.05) is 0 Å². The first kappa shape index (κ1) is 16.1. The van der Waals surface area contributed by atoms with Gasteiger partial charge in [0.1, 0.15) is 16.6 Å². The summed E-state index contributed by atoms with van der Waals surface area (Å²) in [4.78, 5) is 24.1. The number of anilines is 1. The molecule has 0 spiro atoms. The van der Waals surface area contributed by atoms with Crippen LogP contribution in [0.3, 0.4) is 0 Å². The summed E-state index contributed by atoms with van der Waals surface area (Å²) in [5, 5.41) is 23.7. The number of nitro groups is 1. The molecule has 1 amide bonds. The largest absolute Gasteiger partial charge is 0.312 e. The molecule has 122 valence electrons. The zero-order valence-corrected chi connectivity index (χ0v) is 13.9. The molecule has 24 heavy (non-hydrogen) atoms. The fourth-order valence-corrected chi connectivity index (χ4v) is 4.15. The zero-order chi connectivity index (χ0) is 17.3. The Labute approximate surface area is 142 Å². The maximum absolute atomic E-state index is 12.5. The van der Waals surface area contributed by atoms with Crippen molar-refractivity contribution in [2.45, 2.75) is 26.2 Å². The summed E-state index contributed by atoms with van der Waals surface area (Å²) in [6, 6.07) is 7.98. The van der Waals surface area contributed by atoms with Gasteiger partial charge in [0.15, 0.2) is 0 Å². The van der Waals surface area contributed by atoms with E-state index in [0.29, 0.717) is 16.5 Å². The van der Waals surface area contributed by atoms with E-state index in [9.17, 15) is 20.2 Å². The molecule has 1 N–H and O–H groups in total. The Hall–Kier alpha value is -2.72. The number of nitro benzene ring substituents is 1. The van der Waals surface area contributed by atoms with Gasteiger partial charge in [-0.25, -0.2) is 0 Å². The maximum Gasteiger partial charge on any atom is 0.282 e. The number of hydrogen-bond acceptors (Lipinski definition) is 5. The predicted molar refractivity (Wildman–Crippen MR) is 91.3 cm³/mol. The van der Waals surface area contributed by atoms with Crippen LogP contribution in [0.5, 0.6) is 0 Å². The van der Waals surface area contributed by atoms with Gasteiger partial charge in [-0.2, -0.15) is 5.26 Å². The average Bonchev–Trinajstić information content (AvgIpc) is 2.90. The summed E-state index contributed by atoms with van der Waals surface area (Å²) in [6.07, 6.45) is 2.79. The number of aryl methyl sites for hydroxylation is 1. The van der Waals surface area contributed by atoms with Crippen molar-refractivity contribution < 1.29 is 9.72 Å². The van der Waals surface area contributed by atoms with Gasteiger partial charge in [-0.05, 0) is 36.8 Å². The molecule has 0 aliphatic heterocycles. The Morgan fingerprint density at radius 2 is 2.21 bits per heavy atom. The minimum absolute atomic E-state index is 0.00821. The third kappa shape index (κ3) is 2.88. The van der Waals surface area contributed by atoms with Crippen LogP contribution in [-0.4, -0.2) is 10.8 Å². The van der Waals surface area contributed by atoms with Gasteiger partial charge in [-0.3, -0.25) is 14.9 Å². The molecule has 7 heteroatoms. The lowest BCUT2D eigenvalue weighted by molar-refractivity contribution is -0.385. The maximum atomic E-state index is 12.5. The third-order valence-electron chi connectivity index (χ3n) is 4.19. The van der Waals surface area contributed by atoms with Crippen LogP contribution in [0.15, 0.2) is 24.3 Å². The van der Waals surface area contributed by atoms with E-state index >= 15 is 0 Å². The normalized spacial score (nSPS) is 16.1. The van der Waals surface area contributed by atoms with Gasteiger partial charge in [0.05, 0.1) is 10.5 Å². The van der Waals surface area contributed by atoms with Crippen molar-refractivity contribution in [1.29, 1.82) is 5.26 Å². The first-order valence-corrected chi connectivity index (χ1v) is 8.42. The summed E-state index contributed by atoms with van der Waals surface area (Å²) in [7, 11) is 0. The highest BCUT2D eigenvalue weighted by Crippen LogP contribution is 2.39. The molecule has 1 unspecified atom stereocenters. The Morgan fingerprint density at radius 1 is 1.46 bits per heavy atom. The lowest BCUT2D eigenvalue weighted by Crippen LogP contribution is -2.14. The Bertz CT molecular complexity index is 866. The number of nitrogens with zero attached hydrogens (tertiary/aromatic N) is 2. The Kier molecular flexibility index (Phi) is 4.32. The topological polar surface area (TPSA) is 96.0 Å². The molecule has 1 aromatic carbocycles. The summed E-state index contributed by atoms with van der Waals surface area (Å²) in [6.45, 7) is 2.15. The monoisotopic (exact) mass is 341 g/mol. The van der Waals surface area contributed by atoms with Crippen LogP contribution in [0.2, 0.25) is 0 Å². The van der Waals surface area contributed by atoms with Gasteiger partial charge in [0.2, 0.25) is 0 Å². The van der Waals surface area contributed by atoms with Crippen molar-refractivity contribution in [3.05, 3.63) is 55.9 Å². The molecule has 1 aliphatic carbocycles. The minimum Gasteiger partial charge on any atom is -0.312 e. The molecule has 1 aromatic heterocycles. The summed E-state index contributed by atoms with van der Waals surface area (Å²) in [5.41, 5.74) is 1.25. The number of benzene rings is 1. The van der Waals surface area contributed by atoms with E-state index in [0.717, 1.165) is 29.7 Å². The number of carbonyl (C=O) groups is 1. The second-order valence-corrected chi connectivity index (χ2v) is 7.00. The lowest BCUT2D eigenvalue weighted by Gasteiger charge is -2.17. The van der Waals surface area contributed by atoms with E-state index in [1.54, 1.807) is 6.07 Å². The summed E-state index contributed by atoms with van der Waals surface area (Å²) in [5.74, 6) is -0.0524. The van der Waals surface area contributed by atoms with E-state index in [-0.39, 0.29) is 11.3 Å². The second-order valence-electron chi connectivity index (χ2n) is 5.90. The molecule has 1 heterocycles. The van der Waals surface area contributed by atoms with Gasteiger partial charge >= 0.3 is 0 Å². The molecule has 0 radical (unpaired) electrons. The number of nitrogens with one attached hydrogen (secondary N) is 1. The first-order chi connectivity index (χ1) is 11.5. The quantitative estimate of drug-likeness (QED) is 0.676. The van der Waals surface area contributed by atoms with E-state index in [1.165, 1.54) is 29.5 Å². The summed E-state index contributed by atoms with van der Waals surface area (Å²) >= 11 is 1.40. The van der Waals surface area contributed by atoms with Crippen molar-refractivity contribution in [1.82, 2.24) is 0 Å². The fourth-order valence-electron chi connectivity index (χ4n) is 2.96. The number of amides is 1. The van der Waals surface area contributed by atoms with Gasteiger partial charge in [0, 0.05) is 10.9 Å². The summed E-state index contributed by atoms with van der Waals surface area (Å²) < 4.78 is 0. The zero-order valence-electron chi connectivity index (χ0n) is 13.0. The average molecular weight is 341 g/mol. The standard InChI is InChI=1S/C17H15N3O3S/c1-10-6-7-15-12(8-10)13(9-18)17(24-15)19-16(21)11-4-2-3-5-14(11)20(22)23/h2-5,10H,6-8H2,1H3,(H,19,21). The van der Waals surface area contributed by atoms with Crippen LogP contribution in [-0.2, 0) is 12.8 Å². The van der Waals surface area contributed by atoms with Gasteiger partial charge in [-0.1, -0.05) is 19.1 Å². The number of hydrogen-bond donors (Lipinski definition) is 1. The van der Waals surface area contributed by atoms with E-state index in [2.05, 4.69) is 18.3 Å². The molecule has 0 fully saturated rings. The molecule has 1 aliphatic rings. The van der Waals surface area contributed by atoms with Crippen LogP contribution < -0.4 is 5.32 Å². The number of para-hydroxylation sites is 1. The molecule has 2 aromatic rings. The lowest BCUT2D eigenvalue weighted by atomic mass is 9.88. The van der Waals surface area contributed by atoms with Crippen molar-refractivity contribution in [2.75, 3.05) is 5.32 Å². The molecule has 3 rings (SSSR count). The van der Waals surface area contributed by atoms with Crippen molar-refractivity contribution in [3.63, 3.8) is 0 Å². The molecule has 0 saturated carbocycles. The molecule has 1 atom stereocenters. The number of fused-ring (bicyclic) bond motifs is 1. The van der Waals surface area contributed by atoms with Gasteiger partial charge < -0.3 is 5.32 Å².